The molecule has 21 heavy (non-hydrogen) atoms. The van der Waals surface area contributed by atoms with Crippen LogP contribution >= 0.6 is 0 Å². The molecule has 6 nitrogen and oxygen atoms in total. The third kappa shape index (κ3) is 2.73. The Balaban J connectivity index is 2.01. The van der Waals surface area contributed by atoms with Gasteiger partial charge in [0.1, 0.15) is 5.52 Å². The van der Waals surface area contributed by atoms with E-state index in [0.717, 1.165) is 43.3 Å². The molecule has 0 radical (unpaired) electrons. The first-order valence-electron chi connectivity index (χ1n) is 7.54. The zero-order valence-electron chi connectivity index (χ0n) is 12.9. The minimum atomic E-state index is 0.305. The van der Waals surface area contributed by atoms with E-state index in [2.05, 4.69) is 40.2 Å². The SMILES string of the molecule is CNCC1COCCN1c1nccn2nc(C(C)C)cc12. The molecule has 1 atom stereocenters. The Morgan fingerprint density at radius 2 is 2.33 bits per heavy atom. The van der Waals surface area contributed by atoms with E-state index in [4.69, 9.17) is 4.74 Å². The number of likely N-dealkylation sites (N-methyl/N-ethyl adjacent to an activating group) is 1. The topological polar surface area (TPSA) is 54.7 Å². The van der Waals surface area contributed by atoms with Gasteiger partial charge < -0.3 is 15.0 Å². The van der Waals surface area contributed by atoms with Crippen LogP contribution in [-0.4, -0.2) is 54.0 Å². The van der Waals surface area contributed by atoms with Gasteiger partial charge in [0.05, 0.1) is 24.9 Å². The number of fused-ring (bicyclic) bond motifs is 1. The second kappa shape index (κ2) is 5.99. The normalized spacial score (nSPS) is 19.6. The van der Waals surface area contributed by atoms with Crippen molar-refractivity contribution in [3.63, 3.8) is 0 Å². The molecule has 1 N–H and O–H groups in total. The smallest absolute Gasteiger partial charge is 0.155 e. The number of hydrogen-bond donors (Lipinski definition) is 1. The number of anilines is 1. The van der Waals surface area contributed by atoms with E-state index in [1.165, 1.54) is 0 Å². The van der Waals surface area contributed by atoms with Crippen molar-refractivity contribution in [3.05, 3.63) is 24.2 Å². The Bertz CT molecular complexity index is 607. The quantitative estimate of drug-likeness (QED) is 0.919. The molecule has 1 aliphatic rings. The van der Waals surface area contributed by atoms with E-state index < -0.39 is 0 Å². The van der Waals surface area contributed by atoms with Crippen molar-refractivity contribution in [2.24, 2.45) is 0 Å². The van der Waals surface area contributed by atoms with Gasteiger partial charge in [0.15, 0.2) is 5.82 Å². The van der Waals surface area contributed by atoms with Gasteiger partial charge in [-0.05, 0) is 19.0 Å². The Morgan fingerprint density at radius 1 is 1.48 bits per heavy atom. The van der Waals surface area contributed by atoms with Crippen molar-refractivity contribution >= 4 is 11.3 Å². The van der Waals surface area contributed by atoms with E-state index in [0.29, 0.717) is 12.0 Å². The van der Waals surface area contributed by atoms with Crippen LogP contribution in [0.1, 0.15) is 25.5 Å². The maximum Gasteiger partial charge on any atom is 0.155 e. The lowest BCUT2D eigenvalue weighted by Gasteiger charge is -2.36. The number of rotatable bonds is 4. The lowest BCUT2D eigenvalue weighted by molar-refractivity contribution is 0.0940. The predicted molar refractivity (Wildman–Crippen MR) is 83.0 cm³/mol. The lowest BCUT2D eigenvalue weighted by Crippen LogP contribution is -2.50. The molecule has 3 rings (SSSR count). The summed E-state index contributed by atoms with van der Waals surface area (Å²) in [5.41, 5.74) is 2.17. The molecule has 0 aliphatic carbocycles. The van der Waals surface area contributed by atoms with Gasteiger partial charge in [0.2, 0.25) is 0 Å². The average Bonchev–Trinajstić information content (AvgIpc) is 2.92. The first kappa shape index (κ1) is 14.3. The molecule has 0 saturated carbocycles. The molecule has 0 amide bonds. The van der Waals surface area contributed by atoms with Crippen molar-refractivity contribution in [3.8, 4) is 0 Å². The van der Waals surface area contributed by atoms with Gasteiger partial charge in [-0.25, -0.2) is 9.50 Å². The maximum atomic E-state index is 5.61. The van der Waals surface area contributed by atoms with E-state index in [1.807, 2.05) is 24.0 Å². The summed E-state index contributed by atoms with van der Waals surface area (Å²) in [7, 11) is 1.97. The molecule has 1 aliphatic heterocycles. The summed E-state index contributed by atoms with van der Waals surface area (Å²) >= 11 is 0. The van der Waals surface area contributed by atoms with Crippen molar-refractivity contribution in [2.75, 3.05) is 38.3 Å². The van der Waals surface area contributed by atoms with Crippen LogP contribution in [0.15, 0.2) is 18.5 Å². The third-order valence-corrected chi connectivity index (χ3v) is 3.92. The third-order valence-electron chi connectivity index (χ3n) is 3.92. The van der Waals surface area contributed by atoms with Crippen molar-refractivity contribution in [1.82, 2.24) is 19.9 Å². The number of nitrogens with zero attached hydrogens (tertiary/aromatic N) is 4. The zero-order valence-corrected chi connectivity index (χ0v) is 12.9. The molecular weight excluding hydrogens is 266 g/mol. The molecule has 1 saturated heterocycles. The van der Waals surface area contributed by atoms with Gasteiger partial charge in [-0.3, -0.25) is 0 Å². The first-order chi connectivity index (χ1) is 10.2. The molecule has 2 aromatic rings. The standard InChI is InChI=1S/C15H23N5O/c1-11(2)13-8-14-15(17-4-5-20(14)18-13)19-6-7-21-10-12(19)9-16-3/h4-5,8,11-12,16H,6-7,9-10H2,1-3H3. The summed E-state index contributed by atoms with van der Waals surface area (Å²) in [6.07, 6.45) is 3.74. The highest BCUT2D eigenvalue weighted by Gasteiger charge is 2.25. The Labute approximate surface area is 125 Å². The van der Waals surface area contributed by atoms with Crippen LogP contribution in [0.3, 0.4) is 0 Å². The van der Waals surface area contributed by atoms with E-state index in [9.17, 15) is 0 Å². The van der Waals surface area contributed by atoms with Crippen LogP contribution in [0.5, 0.6) is 0 Å². The van der Waals surface area contributed by atoms with Crippen LogP contribution < -0.4 is 10.2 Å². The fraction of sp³-hybridized carbons (Fsp3) is 0.600. The number of aromatic nitrogens is 3. The van der Waals surface area contributed by atoms with E-state index in [1.54, 1.807) is 0 Å². The Morgan fingerprint density at radius 3 is 3.10 bits per heavy atom. The van der Waals surface area contributed by atoms with Gasteiger partial charge >= 0.3 is 0 Å². The number of morpholine rings is 1. The highest BCUT2D eigenvalue weighted by Crippen LogP contribution is 2.25. The van der Waals surface area contributed by atoms with Crippen LogP contribution in [0.2, 0.25) is 0 Å². The number of hydrogen-bond acceptors (Lipinski definition) is 5. The fourth-order valence-electron chi connectivity index (χ4n) is 2.77. The minimum Gasteiger partial charge on any atom is -0.377 e. The molecule has 1 fully saturated rings. The molecule has 0 bridgehead atoms. The summed E-state index contributed by atoms with van der Waals surface area (Å²) in [5.74, 6) is 1.41. The minimum absolute atomic E-state index is 0.305. The summed E-state index contributed by atoms with van der Waals surface area (Å²) in [5, 5.41) is 7.88. The molecule has 3 heterocycles. The van der Waals surface area contributed by atoms with E-state index >= 15 is 0 Å². The molecule has 0 aromatic carbocycles. The molecule has 1 unspecified atom stereocenters. The van der Waals surface area contributed by atoms with Gasteiger partial charge in [-0.1, -0.05) is 13.8 Å². The molecule has 0 spiro atoms. The highest BCUT2D eigenvalue weighted by atomic mass is 16.5. The van der Waals surface area contributed by atoms with Crippen LogP contribution in [-0.2, 0) is 4.74 Å². The second-order valence-electron chi connectivity index (χ2n) is 5.78. The van der Waals surface area contributed by atoms with E-state index in [-0.39, 0.29) is 0 Å². The number of ether oxygens (including phenoxy) is 1. The van der Waals surface area contributed by atoms with Gasteiger partial charge in [0, 0.05) is 25.5 Å². The monoisotopic (exact) mass is 289 g/mol. The van der Waals surface area contributed by atoms with Crippen molar-refractivity contribution in [1.29, 1.82) is 0 Å². The molecular formula is C15H23N5O. The maximum absolute atomic E-state index is 5.61. The second-order valence-corrected chi connectivity index (χ2v) is 5.78. The summed E-state index contributed by atoms with van der Waals surface area (Å²) in [4.78, 5) is 6.95. The summed E-state index contributed by atoms with van der Waals surface area (Å²) in [6.45, 7) is 7.54. The van der Waals surface area contributed by atoms with Crippen LogP contribution in [0, 0.1) is 0 Å². The summed E-state index contributed by atoms with van der Waals surface area (Å²) < 4.78 is 7.54. The van der Waals surface area contributed by atoms with Crippen LogP contribution in [0.25, 0.3) is 5.52 Å². The van der Waals surface area contributed by atoms with Gasteiger partial charge in [-0.15, -0.1) is 0 Å². The van der Waals surface area contributed by atoms with Crippen molar-refractivity contribution in [2.45, 2.75) is 25.8 Å². The average molecular weight is 289 g/mol. The van der Waals surface area contributed by atoms with Crippen LogP contribution in [0.4, 0.5) is 5.82 Å². The zero-order chi connectivity index (χ0) is 14.8. The number of nitrogens with one attached hydrogen (secondary N) is 1. The lowest BCUT2D eigenvalue weighted by atomic mass is 10.1. The molecule has 2 aromatic heterocycles. The summed E-state index contributed by atoms with van der Waals surface area (Å²) in [6, 6.07) is 2.46. The fourth-order valence-corrected chi connectivity index (χ4v) is 2.77. The molecule has 6 heteroatoms. The van der Waals surface area contributed by atoms with Gasteiger partial charge in [0.25, 0.3) is 0 Å². The highest BCUT2D eigenvalue weighted by molar-refractivity contribution is 5.69. The Kier molecular flexibility index (Phi) is 4.07. The predicted octanol–water partition coefficient (Wildman–Crippen LogP) is 1.28. The molecule has 114 valence electrons. The first-order valence-corrected chi connectivity index (χ1v) is 7.54. The largest absolute Gasteiger partial charge is 0.377 e. The Hall–Kier alpha value is -1.66. The van der Waals surface area contributed by atoms with Crippen molar-refractivity contribution < 1.29 is 4.74 Å². The van der Waals surface area contributed by atoms with Gasteiger partial charge in [-0.2, -0.15) is 5.10 Å².